The normalized spacial score (nSPS) is 14.4. The summed E-state index contributed by atoms with van der Waals surface area (Å²) < 4.78 is 0. The lowest BCUT2D eigenvalue weighted by molar-refractivity contribution is -0.118. The highest BCUT2D eigenvalue weighted by atomic mass is 16.2. The van der Waals surface area contributed by atoms with Gasteiger partial charge in [-0.25, -0.2) is 4.79 Å². The van der Waals surface area contributed by atoms with Gasteiger partial charge in [0.15, 0.2) is 0 Å². The summed E-state index contributed by atoms with van der Waals surface area (Å²) in [5, 5.41) is 2.90. The second-order valence-corrected chi connectivity index (χ2v) is 5.14. The maximum atomic E-state index is 12.1. The molecule has 1 fully saturated rings. The molecule has 1 aliphatic rings. The lowest BCUT2D eigenvalue weighted by Gasteiger charge is -2.30. The lowest BCUT2D eigenvalue weighted by atomic mass is 9.93. The molecule has 0 aliphatic heterocycles. The van der Waals surface area contributed by atoms with E-state index in [0.717, 1.165) is 24.8 Å². The molecular weight excluding hydrogens is 256 g/mol. The smallest absolute Gasteiger partial charge is 0.318 e. The molecule has 0 heterocycles. The average molecular weight is 276 g/mol. The first-order valence-corrected chi connectivity index (χ1v) is 6.73. The van der Waals surface area contributed by atoms with E-state index < -0.39 is 5.91 Å². The number of nitrogens with one attached hydrogen (secondary N) is 1. The van der Waals surface area contributed by atoms with Crippen molar-refractivity contribution in [2.75, 3.05) is 12.3 Å². The van der Waals surface area contributed by atoms with Crippen LogP contribution < -0.4 is 16.8 Å². The summed E-state index contributed by atoms with van der Waals surface area (Å²) in [6, 6.07) is 7.20. The number of benzene rings is 1. The summed E-state index contributed by atoms with van der Waals surface area (Å²) in [5.41, 5.74) is 12.4. The molecular formula is C14H20N4O2. The second kappa shape index (κ2) is 6.27. The zero-order chi connectivity index (χ0) is 14.5. The second-order valence-electron chi connectivity index (χ2n) is 5.14. The Bertz CT molecular complexity index is 500. The van der Waals surface area contributed by atoms with E-state index in [1.807, 2.05) is 12.1 Å². The quantitative estimate of drug-likeness (QED) is 0.694. The van der Waals surface area contributed by atoms with Crippen molar-refractivity contribution in [3.8, 4) is 0 Å². The van der Waals surface area contributed by atoms with E-state index in [4.69, 9.17) is 11.5 Å². The van der Waals surface area contributed by atoms with Crippen molar-refractivity contribution in [2.24, 2.45) is 5.73 Å². The maximum Gasteiger partial charge on any atom is 0.318 e. The highest BCUT2D eigenvalue weighted by Crippen LogP contribution is 2.18. The highest BCUT2D eigenvalue weighted by molar-refractivity contribution is 5.83. The van der Waals surface area contributed by atoms with Crippen LogP contribution in [0.2, 0.25) is 0 Å². The predicted molar refractivity (Wildman–Crippen MR) is 76.6 cm³/mol. The van der Waals surface area contributed by atoms with Crippen LogP contribution in [0.1, 0.15) is 24.8 Å². The molecule has 0 bridgehead atoms. The summed E-state index contributed by atoms with van der Waals surface area (Å²) in [5.74, 6) is -0.530. The van der Waals surface area contributed by atoms with Crippen LogP contribution in [-0.2, 0) is 11.3 Å². The molecule has 1 aliphatic carbocycles. The molecule has 1 saturated carbocycles. The van der Waals surface area contributed by atoms with Crippen LogP contribution in [0.15, 0.2) is 24.3 Å². The number of rotatable bonds is 5. The molecule has 108 valence electrons. The first-order valence-electron chi connectivity index (χ1n) is 6.73. The van der Waals surface area contributed by atoms with Crippen molar-refractivity contribution < 1.29 is 9.59 Å². The average Bonchev–Trinajstić information content (AvgIpc) is 2.32. The number of carbonyl (C=O) groups excluding carboxylic acids is 2. The van der Waals surface area contributed by atoms with Crippen LogP contribution in [0.25, 0.3) is 0 Å². The minimum Gasteiger partial charge on any atom is -0.399 e. The largest absolute Gasteiger partial charge is 0.399 e. The molecule has 0 atom stereocenters. The van der Waals surface area contributed by atoms with Gasteiger partial charge in [0.05, 0.1) is 0 Å². The summed E-state index contributed by atoms with van der Waals surface area (Å²) in [4.78, 5) is 24.7. The minimum atomic E-state index is -0.530. The molecule has 0 spiro atoms. The Morgan fingerprint density at radius 1 is 1.35 bits per heavy atom. The molecule has 3 amide bonds. The van der Waals surface area contributed by atoms with E-state index in [1.165, 1.54) is 4.90 Å². The lowest BCUT2D eigenvalue weighted by Crippen LogP contribution is -2.49. The number of urea groups is 1. The van der Waals surface area contributed by atoms with Gasteiger partial charge in [-0.15, -0.1) is 0 Å². The van der Waals surface area contributed by atoms with E-state index in [9.17, 15) is 9.59 Å². The number of anilines is 1. The molecule has 1 aromatic rings. The van der Waals surface area contributed by atoms with Crippen molar-refractivity contribution in [1.82, 2.24) is 10.2 Å². The summed E-state index contributed by atoms with van der Waals surface area (Å²) in [7, 11) is 0. The molecule has 0 saturated heterocycles. The third-order valence-electron chi connectivity index (χ3n) is 3.39. The third-order valence-corrected chi connectivity index (χ3v) is 3.39. The molecule has 0 unspecified atom stereocenters. The number of primary amides is 1. The maximum absolute atomic E-state index is 12.1. The van der Waals surface area contributed by atoms with Crippen LogP contribution in [0, 0.1) is 0 Å². The van der Waals surface area contributed by atoms with E-state index in [2.05, 4.69) is 5.32 Å². The van der Waals surface area contributed by atoms with E-state index in [0.29, 0.717) is 12.2 Å². The number of nitrogens with two attached hydrogens (primary N) is 2. The van der Waals surface area contributed by atoms with Crippen molar-refractivity contribution in [3.63, 3.8) is 0 Å². The van der Waals surface area contributed by atoms with Crippen LogP contribution in [-0.4, -0.2) is 29.4 Å². The SMILES string of the molecule is NC(=O)CN(Cc1cccc(N)c1)C(=O)NC1CCC1. The number of nitrogen functional groups attached to an aromatic ring is 1. The zero-order valence-electron chi connectivity index (χ0n) is 11.3. The standard InChI is InChI=1S/C14H20N4O2/c15-11-4-1-3-10(7-11)8-18(9-13(16)19)14(20)17-12-5-2-6-12/h1,3-4,7,12H,2,5-6,8-9,15H2,(H2,16,19)(H,17,20). The van der Waals surface area contributed by atoms with Gasteiger partial charge >= 0.3 is 6.03 Å². The van der Waals surface area contributed by atoms with Crippen molar-refractivity contribution in [2.45, 2.75) is 31.8 Å². The molecule has 1 aromatic carbocycles. The van der Waals surface area contributed by atoms with Gasteiger partial charge in [-0.05, 0) is 37.0 Å². The van der Waals surface area contributed by atoms with Gasteiger partial charge in [-0.3, -0.25) is 4.79 Å². The van der Waals surface area contributed by atoms with E-state index in [1.54, 1.807) is 12.1 Å². The Hall–Kier alpha value is -2.24. The van der Waals surface area contributed by atoms with Gasteiger partial charge in [0.2, 0.25) is 5.91 Å². The fraction of sp³-hybridized carbons (Fsp3) is 0.429. The predicted octanol–water partition coefficient (Wildman–Crippen LogP) is 0.818. The number of nitrogens with zero attached hydrogens (tertiary/aromatic N) is 1. The molecule has 6 heteroatoms. The molecule has 20 heavy (non-hydrogen) atoms. The van der Waals surface area contributed by atoms with Crippen LogP contribution >= 0.6 is 0 Å². The van der Waals surface area contributed by atoms with E-state index >= 15 is 0 Å². The topological polar surface area (TPSA) is 101 Å². The van der Waals surface area contributed by atoms with Gasteiger partial charge in [0, 0.05) is 18.3 Å². The summed E-state index contributed by atoms with van der Waals surface area (Å²) in [6.45, 7) is 0.208. The van der Waals surface area contributed by atoms with E-state index in [-0.39, 0.29) is 18.6 Å². The van der Waals surface area contributed by atoms with Gasteiger partial charge in [0.1, 0.15) is 6.54 Å². The number of hydrogen-bond donors (Lipinski definition) is 3. The zero-order valence-corrected chi connectivity index (χ0v) is 11.3. The van der Waals surface area contributed by atoms with Gasteiger partial charge in [-0.2, -0.15) is 0 Å². The molecule has 0 radical (unpaired) electrons. The Kier molecular flexibility index (Phi) is 4.45. The first kappa shape index (κ1) is 14.2. The Labute approximate surface area is 118 Å². The fourth-order valence-electron chi connectivity index (χ4n) is 2.12. The highest BCUT2D eigenvalue weighted by Gasteiger charge is 2.23. The van der Waals surface area contributed by atoms with Crippen molar-refractivity contribution in [1.29, 1.82) is 0 Å². The Balaban J connectivity index is 2.02. The van der Waals surface area contributed by atoms with Crippen molar-refractivity contribution in [3.05, 3.63) is 29.8 Å². The summed E-state index contributed by atoms with van der Waals surface area (Å²) in [6.07, 6.45) is 3.12. The Morgan fingerprint density at radius 2 is 2.10 bits per heavy atom. The molecule has 2 rings (SSSR count). The van der Waals surface area contributed by atoms with Crippen molar-refractivity contribution >= 4 is 17.6 Å². The minimum absolute atomic E-state index is 0.104. The number of amides is 3. The van der Waals surface area contributed by atoms with Gasteiger partial charge < -0.3 is 21.7 Å². The third kappa shape index (κ3) is 3.88. The van der Waals surface area contributed by atoms with Crippen LogP contribution in [0.4, 0.5) is 10.5 Å². The monoisotopic (exact) mass is 276 g/mol. The number of hydrogen-bond acceptors (Lipinski definition) is 3. The molecule has 0 aromatic heterocycles. The summed E-state index contributed by atoms with van der Waals surface area (Å²) >= 11 is 0. The molecule has 6 nitrogen and oxygen atoms in total. The van der Waals surface area contributed by atoms with Crippen LogP contribution in [0.5, 0.6) is 0 Å². The first-order chi connectivity index (χ1) is 9.54. The number of carbonyl (C=O) groups is 2. The van der Waals surface area contributed by atoms with Crippen LogP contribution in [0.3, 0.4) is 0 Å². The molecule has 5 N–H and O–H groups in total. The van der Waals surface area contributed by atoms with Gasteiger partial charge in [-0.1, -0.05) is 12.1 Å². The Morgan fingerprint density at radius 3 is 2.65 bits per heavy atom. The fourth-order valence-corrected chi connectivity index (χ4v) is 2.12. The van der Waals surface area contributed by atoms with Gasteiger partial charge in [0.25, 0.3) is 0 Å².